The zero-order valence-corrected chi connectivity index (χ0v) is 46.3. The number of hydrogen-bond donors (Lipinski definition) is 12. The molecule has 1 aromatic carbocycles. The number of phosphoric acid groups is 4. The molecule has 3 saturated heterocycles. The number of nitrogens with one attached hydrogen (secondary N) is 3. The third-order valence-corrected chi connectivity index (χ3v) is 18.2. The lowest BCUT2D eigenvalue weighted by molar-refractivity contribution is -0.745. The minimum Gasteiger partial charge on any atom is -0.756 e. The maximum atomic E-state index is 13.6. The molecule has 0 bridgehead atoms. The van der Waals surface area contributed by atoms with Gasteiger partial charge in [-0.3, -0.25) is 37.3 Å². The number of benzene rings is 1. The van der Waals surface area contributed by atoms with Gasteiger partial charge in [-0.05, 0) is 5.56 Å². The van der Waals surface area contributed by atoms with Gasteiger partial charge in [0.2, 0.25) is 24.0 Å². The van der Waals surface area contributed by atoms with Gasteiger partial charge in [0.15, 0.2) is 30.2 Å². The minimum atomic E-state index is -6.28. The normalized spacial score (nSPS) is 30.2. The lowest BCUT2D eigenvalue weighted by Crippen LogP contribution is -2.55. The number of aliphatic hydroxyl groups is 4. The highest BCUT2D eigenvalue weighted by Gasteiger charge is 2.53. The molecule has 2 amide bonds. The Labute approximate surface area is 464 Å². The number of ether oxygens (including phenoxy) is 5. The van der Waals surface area contributed by atoms with E-state index < -0.39 is 155 Å². The molecule has 39 nitrogen and oxygen atoms in total. The van der Waals surface area contributed by atoms with Crippen LogP contribution in [0.5, 0.6) is 0 Å². The number of nitrogens with two attached hydrogens (primary N) is 2. The summed E-state index contributed by atoms with van der Waals surface area (Å²) in [5, 5.41) is 47.8. The SMILES string of the molecule is CO[C@@H]1[C@H](OP(=O)([O-])OC[C@H]2O[C@@H](N3C=CC(=O)NC3O)[C@H](O)[C@@H]2O)[C@@H](COP(=O)(O)OP(=O)(O)OP(=O)(O)OC[C@H]2O[C@@H]([n+]3cn(C)c4c(=O)[nH]c(N)nc43)[C@H](O)[C@@H]2CNC(=O)OCc2ccccc2)O[C@H]1n1cnc2c(N)ncnc21. The zero-order valence-electron chi connectivity index (χ0n) is 42.7. The molecule has 0 aliphatic carbocycles. The van der Waals surface area contributed by atoms with Crippen molar-refractivity contribution in [2.45, 2.75) is 80.5 Å². The second kappa shape index (κ2) is 24.7. The third kappa shape index (κ3) is 14.0. The first kappa shape index (κ1) is 61.8. The van der Waals surface area contributed by atoms with Crippen LogP contribution >= 0.6 is 31.3 Å². The van der Waals surface area contributed by atoms with E-state index in [2.05, 4.69) is 44.2 Å². The highest BCUT2D eigenvalue weighted by molar-refractivity contribution is 7.66. The van der Waals surface area contributed by atoms with E-state index in [0.29, 0.717) is 5.56 Å². The van der Waals surface area contributed by atoms with Crippen molar-refractivity contribution in [1.29, 1.82) is 0 Å². The molecule has 9 rings (SSSR count). The number of imidazole rings is 2. The first-order valence-corrected chi connectivity index (χ1v) is 30.0. The fourth-order valence-corrected chi connectivity index (χ4v) is 13.7. The summed E-state index contributed by atoms with van der Waals surface area (Å²) in [7, 11) is -21.4. The Balaban J connectivity index is 0.867. The predicted molar refractivity (Wildman–Crippen MR) is 266 cm³/mol. The third-order valence-electron chi connectivity index (χ3n) is 12.9. The quantitative estimate of drug-likeness (QED) is 0.0220. The van der Waals surface area contributed by atoms with Crippen LogP contribution in [0.3, 0.4) is 0 Å². The Morgan fingerprint density at radius 3 is 2.22 bits per heavy atom. The van der Waals surface area contributed by atoms with Crippen molar-refractivity contribution < 1.29 is 123 Å². The van der Waals surface area contributed by atoms with Crippen molar-refractivity contribution in [1.82, 2.24) is 49.6 Å². The van der Waals surface area contributed by atoms with Crippen molar-refractivity contribution in [2.75, 3.05) is 44.9 Å². The van der Waals surface area contributed by atoms with E-state index in [0.717, 1.165) is 36.9 Å². The Hall–Kier alpha value is -5.80. The molecule has 17 atom stereocenters. The second-order valence-corrected chi connectivity index (χ2v) is 24.4. The van der Waals surface area contributed by atoms with Gasteiger partial charge in [0.1, 0.15) is 61.2 Å². The van der Waals surface area contributed by atoms with Crippen LogP contribution in [0.15, 0.2) is 66.4 Å². The maximum absolute atomic E-state index is 13.6. The monoisotopic (exact) mass is 1260 g/mol. The zero-order chi connectivity index (χ0) is 59.9. The number of fused-ring (bicyclic) bond motifs is 2. The van der Waals surface area contributed by atoms with E-state index in [1.54, 1.807) is 30.3 Å². The number of aryl methyl sites for hydroxylation is 1. The summed E-state index contributed by atoms with van der Waals surface area (Å²) in [6.07, 6.45) is -15.7. The van der Waals surface area contributed by atoms with E-state index in [1.165, 1.54) is 27.1 Å². The van der Waals surface area contributed by atoms with Gasteiger partial charge in [-0.1, -0.05) is 35.3 Å². The number of phosphoric ester groups is 3. The molecule has 4 aliphatic rings. The van der Waals surface area contributed by atoms with Gasteiger partial charge < -0.3 is 99.7 Å². The molecule has 43 heteroatoms. The molecule has 5 aromatic rings. The molecular formula is C40H53N13O26P4. The number of carbonyl (C=O) groups excluding carboxylic acids is 2. The van der Waals surface area contributed by atoms with E-state index in [-0.39, 0.29) is 40.7 Å². The standard InChI is InChI=1S/C40H53N13O26P4/c1-50-17-53(33-25(50)34(58)49-38(42)48-33)35-26(55)19(10-43-40(60)70-11-18-6-4-3-5-7-18)20(74-35)12-72-81(63,64)78-83(67,68)79-82(65,66)73-14-22-29(30(69-2)37(76-22)52-16-46-24-31(41)44-15-45-32(24)52)77-80(61,62)71-13-21-27(56)28(57)36(75-21)51-9-8-23(54)47-39(51)59/h3-9,15-17,19-22,26-30,35-37,39,55-57,59H,10-14H2,1-2H3,(H10-,41,42,43,44,45,47,48,49,54,58,60,61,62,63,64,65,66,67,68)/t19-,20-,21-,22-,26-,27-,28-,29-,30-,35-,36-,37-,39?/m1/s1. The van der Waals surface area contributed by atoms with E-state index >= 15 is 0 Å². The molecular weight excluding hydrogens is 1200 g/mol. The molecule has 83 heavy (non-hydrogen) atoms. The average molecular weight is 1260 g/mol. The fraction of sp³-hybridized carbons (Fsp3) is 0.500. The van der Waals surface area contributed by atoms with Crippen LogP contribution in [0.4, 0.5) is 16.6 Å². The van der Waals surface area contributed by atoms with Crippen molar-refractivity contribution in [3.8, 4) is 0 Å². The summed E-state index contributed by atoms with van der Waals surface area (Å²) < 4.78 is 114. The summed E-state index contributed by atoms with van der Waals surface area (Å²) in [5.74, 6) is -2.40. The first-order valence-electron chi connectivity index (χ1n) is 24.1. The molecule has 8 heterocycles. The molecule has 3 fully saturated rings. The summed E-state index contributed by atoms with van der Waals surface area (Å²) in [6.45, 7) is -4.11. The Bertz CT molecular complexity index is 3490. The number of carbonyl (C=O) groups is 2. The van der Waals surface area contributed by atoms with Crippen LogP contribution in [0.1, 0.15) is 18.0 Å². The van der Waals surface area contributed by atoms with Crippen LogP contribution < -0.4 is 37.1 Å². The number of H-pyrrole nitrogens is 1. The van der Waals surface area contributed by atoms with Crippen molar-refractivity contribution in [3.05, 3.63) is 77.5 Å². The van der Waals surface area contributed by atoms with Gasteiger partial charge in [0.05, 0.1) is 39.3 Å². The summed E-state index contributed by atoms with van der Waals surface area (Å²) in [4.78, 5) is 102. The van der Waals surface area contributed by atoms with E-state index in [1.807, 2.05) is 0 Å². The molecule has 0 saturated carbocycles. The number of nitrogen functional groups attached to an aromatic ring is 2. The predicted octanol–water partition coefficient (Wildman–Crippen LogP) is -3.83. The topological polar surface area (TPSA) is 546 Å². The maximum Gasteiger partial charge on any atom is 0.490 e. The summed E-state index contributed by atoms with van der Waals surface area (Å²) >= 11 is 0. The number of rotatable bonds is 23. The largest absolute Gasteiger partial charge is 0.756 e. The average Bonchev–Trinajstić information content (AvgIpc) is 2.53. The van der Waals surface area contributed by atoms with Crippen molar-refractivity contribution >= 4 is 77.4 Å². The highest BCUT2D eigenvalue weighted by Crippen LogP contribution is 2.68. The summed E-state index contributed by atoms with van der Waals surface area (Å²) in [5.41, 5.74) is 11.6. The van der Waals surface area contributed by atoms with Gasteiger partial charge in [0, 0.05) is 31.8 Å². The number of aromatic nitrogens is 8. The van der Waals surface area contributed by atoms with Gasteiger partial charge in [-0.15, -0.1) is 0 Å². The van der Waals surface area contributed by atoms with Gasteiger partial charge in [-0.2, -0.15) is 8.62 Å². The van der Waals surface area contributed by atoms with Crippen LogP contribution in [0, 0.1) is 5.92 Å². The van der Waals surface area contributed by atoms with E-state index in [9.17, 15) is 72.6 Å². The number of anilines is 2. The minimum absolute atomic E-state index is 0.0170. The van der Waals surface area contributed by atoms with Crippen LogP contribution in [0.25, 0.3) is 22.3 Å². The van der Waals surface area contributed by atoms with Crippen LogP contribution in [0.2, 0.25) is 0 Å². The van der Waals surface area contributed by atoms with Crippen molar-refractivity contribution in [2.24, 2.45) is 13.0 Å². The molecule has 0 radical (unpaired) electrons. The smallest absolute Gasteiger partial charge is 0.490 e. The van der Waals surface area contributed by atoms with Gasteiger partial charge in [0.25, 0.3) is 19.3 Å². The van der Waals surface area contributed by atoms with Crippen LogP contribution in [-0.4, -0.2) is 181 Å². The van der Waals surface area contributed by atoms with Crippen LogP contribution in [-0.2, 0) is 87.1 Å². The number of aromatic amines is 1. The Morgan fingerprint density at radius 1 is 0.855 bits per heavy atom. The number of hydrogen-bond acceptors (Lipinski definition) is 30. The molecule has 454 valence electrons. The number of aliphatic hydroxyl groups excluding tert-OH is 4. The summed E-state index contributed by atoms with van der Waals surface area (Å²) in [6, 6.07) is 8.53. The first-order chi connectivity index (χ1) is 39.1. The van der Waals surface area contributed by atoms with Gasteiger partial charge in [-0.25, -0.2) is 38.0 Å². The number of methoxy groups -OCH3 is 1. The lowest BCUT2D eigenvalue weighted by Gasteiger charge is -2.35. The molecule has 5 unspecified atom stereocenters. The Morgan fingerprint density at radius 2 is 1.53 bits per heavy atom. The molecule has 4 aliphatic heterocycles. The molecule has 4 aromatic heterocycles. The number of amides is 2. The van der Waals surface area contributed by atoms with Crippen molar-refractivity contribution in [3.63, 3.8) is 0 Å². The highest BCUT2D eigenvalue weighted by atomic mass is 31.3. The Kier molecular flexibility index (Phi) is 18.3. The number of nitrogens with zero attached hydrogens (tertiary/aromatic N) is 8. The number of alkyl carbamates (subject to hydrolysis) is 1. The lowest BCUT2D eigenvalue weighted by atomic mass is 9.98. The second-order valence-electron chi connectivity index (χ2n) is 18.4. The van der Waals surface area contributed by atoms with Gasteiger partial charge >= 0.3 is 35.2 Å². The fourth-order valence-electron chi connectivity index (χ4n) is 9.19. The molecule has 0 spiro atoms. The molecule has 14 N–H and O–H groups in total. The van der Waals surface area contributed by atoms with E-state index in [4.69, 9.17) is 53.2 Å².